The highest BCUT2D eigenvalue weighted by molar-refractivity contribution is 9.10. The molecule has 0 radical (unpaired) electrons. The summed E-state index contributed by atoms with van der Waals surface area (Å²) in [6.45, 7) is 1.64. The molecule has 0 unspecified atom stereocenters. The second-order valence-corrected chi connectivity index (χ2v) is 5.06. The largest absolute Gasteiger partial charge is 0.475 e. The van der Waals surface area contributed by atoms with Gasteiger partial charge in [0.2, 0.25) is 11.7 Å². The molecule has 112 valence electrons. The van der Waals surface area contributed by atoms with Crippen molar-refractivity contribution in [2.45, 2.75) is 19.5 Å². The fourth-order valence-corrected chi connectivity index (χ4v) is 2.17. The van der Waals surface area contributed by atoms with Crippen LogP contribution in [0.5, 0.6) is 0 Å². The van der Waals surface area contributed by atoms with Crippen LogP contribution in [0.3, 0.4) is 0 Å². The highest BCUT2D eigenvalue weighted by atomic mass is 79.9. The van der Waals surface area contributed by atoms with Crippen molar-refractivity contribution in [2.75, 3.05) is 0 Å². The lowest BCUT2D eigenvalue weighted by atomic mass is 10.1. The van der Waals surface area contributed by atoms with Gasteiger partial charge in [0.1, 0.15) is 0 Å². The Morgan fingerprint density at radius 1 is 1.43 bits per heavy atom. The van der Waals surface area contributed by atoms with Crippen LogP contribution in [0.4, 0.5) is 13.2 Å². The Kier molecular flexibility index (Phi) is 4.08. The lowest BCUT2D eigenvalue weighted by molar-refractivity contribution is -0.137. The molecule has 1 aromatic carbocycles. The Bertz CT molecular complexity index is 694. The van der Waals surface area contributed by atoms with Crippen molar-refractivity contribution >= 4 is 21.9 Å². The molecule has 0 aliphatic carbocycles. The summed E-state index contributed by atoms with van der Waals surface area (Å²) in [5.74, 6) is -2.16. The zero-order chi connectivity index (χ0) is 15.8. The van der Waals surface area contributed by atoms with E-state index >= 15 is 0 Å². The van der Waals surface area contributed by atoms with E-state index in [2.05, 4.69) is 20.9 Å². The fourth-order valence-electron chi connectivity index (χ4n) is 1.81. The molecule has 0 aliphatic heterocycles. The quantitative estimate of drug-likeness (QED) is 0.878. The Morgan fingerprint density at radius 2 is 2.10 bits per heavy atom. The first-order chi connectivity index (χ1) is 9.74. The smallest absolute Gasteiger partial charge is 0.417 e. The molecule has 0 atom stereocenters. The van der Waals surface area contributed by atoms with Crippen molar-refractivity contribution in [1.82, 2.24) is 4.98 Å². The topological polar surface area (TPSA) is 63.3 Å². The van der Waals surface area contributed by atoms with Crippen molar-refractivity contribution in [1.29, 1.82) is 0 Å². The van der Waals surface area contributed by atoms with Crippen LogP contribution in [0.2, 0.25) is 0 Å². The number of carboxylic acids is 1. The van der Waals surface area contributed by atoms with Crippen LogP contribution in [0.15, 0.2) is 27.1 Å². The van der Waals surface area contributed by atoms with E-state index in [0.29, 0.717) is 0 Å². The van der Waals surface area contributed by atoms with Gasteiger partial charge in [0, 0.05) is 10.0 Å². The summed E-state index contributed by atoms with van der Waals surface area (Å²) in [5.41, 5.74) is -1.14. The van der Waals surface area contributed by atoms with E-state index in [1.165, 1.54) is 12.1 Å². The van der Waals surface area contributed by atoms with Gasteiger partial charge in [-0.1, -0.05) is 22.9 Å². The molecule has 0 saturated carbocycles. The zero-order valence-corrected chi connectivity index (χ0v) is 12.2. The lowest BCUT2D eigenvalue weighted by Gasteiger charge is -2.10. The number of benzene rings is 1. The molecule has 21 heavy (non-hydrogen) atoms. The molecule has 0 spiro atoms. The minimum absolute atomic E-state index is 0.105. The van der Waals surface area contributed by atoms with Gasteiger partial charge in [0.15, 0.2) is 0 Å². The number of alkyl halides is 3. The number of nitrogens with zero attached hydrogens (tertiary/aromatic N) is 1. The number of halogens is 4. The van der Waals surface area contributed by atoms with Gasteiger partial charge < -0.3 is 9.52 Å². The maximum atomic E-state index is 13.1. The van der Waals surface area contributed by atoms with E-state index in [4.69, 9.17) is 9.52 Å². The molecule has 0 saturated heterocycles. The predicted octanol–water partition coefficient (Wildman–Crippen LogP) is 4.38. The highest BCUT2D eigenvalue weighted by Gasteiger charge is 2.35. The minimum Gasteiger partial charge on any atom is -0.475 e. The Hall–Kier alpha value is -1.83. The van der Waals surface area contributed by atoms with Crippen molar-refractivity contribution in [3.05, 3.63) is 39.7 Å². The van der Waals surface area contributed by atoms with Crippen molar-refractivity contribution in [3.8, 4) is 11.5 Å². The number of hydrogen-bond donors (Lipinski definition) is 1. The molecule has 0 aliphatic rings. The van der Waals surface area contributed by atoms with Crippen LogP contribution >= 0.6 is 15.9 Å². The first-order valence-corrected chi connectivity index (χ1v) is 6.63. The van der Waals surface area contributed by atoms with E-state index in [0.717, 1.165) is 6.07 Å². The second kappa shape index (κ2) is 5.51. The Balaban J connectivity index is 2.65. The molecule has 0 fully saturated rings. The van der Waals surface area contributed by atoms with Gasteiger partial charge >= 0.3 is 12.1 Å². The zero-order valence-electron chi connectivity index (χ0n) is 10.7. The van der Waals surface area contributed by atoms with E-state index in [1.54, 1.807) is 6.92 Å². The van der Waals surface area contributed by atoms with Crippen molar-refractivity contribution in [3.63, 3.8) is 0 Å². The first kappa shape index (κ1) is 15.6. The molecular weight excluding hydrogens is 355 g/mol. The molecule has 1 N–H and O–H groups in total. The average Bonchev–Trinajstić information content (AvgIpc) is 2.81. The fraction of sp³-hybridized carbons (Fsp3) is 0.231. The van der Waals surface area contributed by atoms with Gasteiger partial charge in [-0.2, -0.15) is 13.2 Å². The number of carboxylic acid groups (broad SMARTS) is 1. The van der Waals surface area contributed by atoms with Crippen molar-refractivity contribution < 1.29 is 27.5 Å². The average molecular weight is 364 g/mol. The van der Waals surface area contributed by atoms with Gasteiger partial charge in [-0.3, -0.25) is 0 Å². The Morgan fingerprint density at radius 3 is 2.57 bits per heavy atom. The van der Waals surface area contributed by atoms with E-state index < -0.39 is 23.5 Å². The second-order valence-electron chi connectivity index (χ2n) is 4.14. The third kappa shape index (κ3) is 3.10. The predicted molar refractivity (Wildman–Crippen MR) is 71.0 cm³/mol. The summed E-state index contributed by atoms with van der Waals surface area (Å²) in [7, 11) is 0. The summed E-state index contributed by atoms with van der Waals surface area (Å²) in [6.07, 6.45) is -4.37. The molecule has 0 amide bonds. The summed E-state index contributed by atoms with van der Waals surface area (Å²) >= 11 is 2.97. The summed E-state index contributed by atoms with van der Waals surface area (Å²) in [5, 5.41) is 8.97. The van der Waals surface area contributed by atoms with Gasteiger partial charge in [-0.05, 0) is 24.6 Å². The van der Waals surface area contributed by atoms with Crippen molar-refractivity contribution in [2.24, 2.45) is 0 Å². The summed E-state index contributed by atoms with van der Waals surface area (Å²) in [4.78, 5) is 14.9. The molecule has 8 heteroatoms. The van der Waals surface area contributed by atoms with E-state index in [9.17, 15) is 18.0 Å². The maximum absolute atomic E-state index is 13.1. The van der Waals surface area contributed by atoms with Crippen LogP contribution in [-0.2, 0) is 12.6 Å². The first-order valence-electron chi connectivity index (χ1n) is 5.84. The van der Waals surface area contributed by atoms with Crippen LogP contribution in [0.25, 0.3) is 11.5 Å². The van der Waals surface area contributed by atoms with Gasteiger partial charge in [0.05, 0.1) is 11.3 Å². The summed E-state index contributed by atoms with van der Waals surface area (Å²) in [6, 6.07) is 3.48. The number of carbonyl (C=O) groups is 1. The van der Waals surface area contributed by atoms with Crippen LogP contribution in [0.1, 0.15) is 28.7 Å². The van der Waals surface area contributed by atoms with Crippen LogP contribution in [0, 0.1) is 0 Å². The SMILES string of the molecule is CCc1nc(-c2ccc(Br)cc2C(F)(F)F)oc1C(=O)O. The third-order valence-electron chi connectivity index (χ3n) is 2.74. The van der Waals surface area contributed by atoms with Gasteiger partial charge in [-0.25, -0.2) is 9.78 Å². The van der Waals surface area contributed by atoms with Crippen LogP contribution < -0.4 is 0 Å². The van der Waals surface area contributed by atoms with Gasteiger partial charge in [0.25, 0.3) is 0 Å². The third-order valence-corrected chi connectivity index (χ3v) is 3.24. The highest BCUT2D eigenvalue weighted by Crippen LogP contribution is 2.38. The molecule has 2 aromatic rings. The number of rotatable bonds is 3. The number of hydrogen-bond acceptors (Lipinski definition) is 3. The molecular formula is C13H9BrF3NO3. The molecule has 4 nitrogen and oxygen atoms in total. The minimum atomic E-state index is -4.61. The van der Waals surface area contributed by atoms with E-state index in [-0.39, 0.29) is 28.0 Å². The molecule has 1 heterocycles. The normalized spacial score (nSPS) is 11.7. The van der Waals surface area contributed by atoms with Gasteiger partial charge in [-0.15, -0.1) is 0 Å². The maximum Gasteiger partial charge on any atom is 0.417 e. The molecule has 1 aromatic heterocycles. The summed E-state index contributed by atoms with van der Waals surface area (Å²) < 4.78 is 44.4. The molecule has 2 rings (SSSR count). The van der Waals surface area contributed by atoms with Crippen LogP contribution in [-0.4, -0.2) is 16.1 Å². The van der Waals surface area contributed by atoms with E-state index in [1.807, 2.05) is 0 Å². The monoisotopic (exact) mass is 363 g/mol. The Labute approximate surface area is 125 Å². The number of aryl methyl sites for hydroxylation is 1. The number of aromatic carboxylic acids is 1. The number of aromatic nitrogens is 1. The number of oxazole rings is 1. The molecule has 0 bridgehead atoms. The standard InChI is InChI=1S/C13H9BrF3NO3/c1-2-9-10(12(19)20)21-11(18-9)7-4-3-6(14)5-8(7)13(15,16)17/h3-5H,2H2,1H3,(H,19,20). The lowest BCUT2D eigenvalue weighted by Crippen LogP contribution is -2.07.